The Morgan fingerprint density at radius 1 is 1.08 bits per heavy atom. The predicted molar refractivity (Wildman–Crippen MR) is 91.7 cm³/mol. The maximum atomic E-state index is 11.1. The first-order chi connectivity index (χ1) is 12.2. The second-order valence-corrected chi connectivity index (χ2v) is 5.33. The Hall–Kier alpha value is -3.12. The molecule has 0 aliphatic carbocycles. The third kappa shape index (κ3) is 4.05. The normalized spacial score (nSPS) is 10.6. The minimum Gasteiger partial charge on any atom is -0.491 e. The van der Waals surface area contributed by atoms with Crippen molar-refractivity contribution in [3.63, 3.8) is 0 Å². The van der Waals surface area contributed by atoms with Gasteiger partial charge in [-0.2, -0.15) is 0 Å². The van der Waals surface area contributed by atoms with Gasteiger partial charge in [0.2, 0.25) is 0 Å². The molecule has 0 bridgehead atoms. The molecular weight excluding hydrogens is 322 g/mol. The summed E-state index contributed by atoms with van der Waals surface area (Å²) in [7, 11) is 1.63. The summed E-state index contributed by atoms with van der Waals surface area (Å²) in [4.78, 5) is 11.1. The molecule has 0 aliphatic rings. The Bertz CT molecular complexity index is 854. The Morgan fingerprint density at radius 2 is 1.88 bits per heavy atom. The first-order valence-corrected chi connectivity index (χ1v) is 7.70. The molecule has 0 radical (unpaired) electrons. The van der Waals surface area contributed by atoms with Gasteiger partial charge in [-0.25, -0.2) is 4.79 Å². The van der Waals surface area contributed by atoms with Crippen molar-refractivity contribution in [3.05, 3.63) is 60.2 Å². The highest BCUT2D eigenvalue weighted by molar-refractivity contribution is 5.89. The lowest BCUT2D eigenvalue weighted by Gasteiger charge is -2.05. The number of benzene rings is 2. The van der Waals surface area contributed by atoms with E-state index < -0.39 is 5.97 Å². The SMILES string of the molecule is COCCOc1ccc(-c2cc(-c3cccc(C(=O)O)c3)on2)cc1. The maximum Gasteiger partial charge on any atom is 0.335 e. The fourth-order valence-corrected chi connectivity index (χ4v) is 2.32. The van der Waals surface area contributed by atoms with E-state index in [1.54, 1.807) is 31.4 Å². The van der Waals surface area contributed by atoms with Gasteiger partial charge in [0, 0.05) is 24.3 Å². The van der Waals surface area contributed by atoms with Gasteiger partial charge in [0.25, 0.3) is 0 Å². The van der Waals surface area contributed by atoms with E-state index in [1.165, 1.54) is 6.07 Å². The van der Waals surface area contributed by atoms with Gasteiger partial charge >= 0.3 is 5.97 Å². The zero-order valence-electron chi connectivity index (χ0n) is 13.6. The molecule has 0 spiro atoms. The molecule has 0 aliphatic heterocycles. The van der Waals surface area contributed by atoms with E-state index >= 15 is 0 Å². The molecule has 128 valence electrons. The molecule has 0 saturated heterocycles. The fourth-order valence-electron chi connectivity index (χ4n) is 2.32. The first kappa shape index (κ1) is 16.7. The molecule has 0 fully saturated rings. The molecule has 3 rings (SSSR count). The molecule has 1 N–H and O–H groups in total. The van der Waals surface area contributed by atoms with Gasteiger partial charge in [0.15, 0.2) is 5.76 Å². The van der Waals surface area contributed by atoms with Gasteiger partial charge in [0.1, 0.15) is 18.1 Å². The minimum absolute atomic E-state index is 0.202. The van der Waals surface area contributed by atoms with E-state index in [-0.39, 0.29) is 5.56 Å². The largest absolute Gasteiger partial charge is 0.491 e. The summed E-state index contributed by atoms with van der Waals surface area (Å²) in [6, 6.07) is 15.8. The van der Waals surface area contributed by atoms with Gasteiger partial charge in [-0.15, -0.1) is 0 Å². The fraction of sp³-hybridized carbons (Fsp3) is 0.158. The van der Waals surface area contributed by atoms with Gasteiger partial charge in [-0.1, -0.05) is 17.3 Å². The predicted octanol–water partition coefficient (Wildman–Crippen LogP) is 3.73. The van der Waals surface area contributed by atoms with Crippen LogP contribution in [0.4, 0.5) is 0 Å². The summed E-state index contributed by atoms with van der Waals surface area (Å²) in [5, 5.41) is 13.1. The van der Waals surface area contributed by atoms with Crippen LogP contribution in [0.3, 0.4) is 0 Å². The van der Waals surface area contributed by atoms with E-state index in [9.17, 15) is 4.79 Å². The lowest BCUT2D eigenvalue weighted by Crippen LogP contribution is -2.03. The number of carbonyl (C=O) groups is 1. The van der Waals surface area contributed by atoms with Crippen molar-refractivity contribution in [1.82, 2.24) is 5.16 Å². The number of hydrogen-bond acceptors (Lipinski definition) is 5. The molecule has 3 aromatic rings. The zero-order valence-corrected chi connectivity index (χ0v) is 13.6. The topological polar surface area (TPSA) is 81.8 Å². The van der Waals surface area contributed by atoms with Gasteiger partial charge in [-0.05, 0) is 36.4 Å². The van der Waals surface area contributed by atoms with Crippen LogP contribution >= 0.6 is 0 Å². The highest BCUT2D eigenvalue weighted by Crippen LogP contribution is 2.27. The van der Waals surface area contributed by atoms with E-state index in [4.69, 9.17) is 19.1 Å². The number of aromatic carboxylic acids is 1. The third-order valence-corrected chi connectivity index (χ3v) is 3.61. The standard InChI is InChI=1S/C19H17NO5/c1-23-9-10-24-16-7-5-13(6-8-16)17-12-18(25-20-17)14-3-2-4-15(11-14)19(21)22/h2-8,11-12H,9-10H2,1H3,(H,21,22). The molecule has 6 heteroatoms. The van der Waals surface area contributed by atoms with Gasteiger partial charge < -0.3 is 19.1 Å². The maximum absolute atomic E-state index is 11.1. The van der Waals surface area contributed by atoms with Crippen molar-refractivity contribution >= 4 is 5.97 Å². The van der Waals surface area contributed by atoms with Crippen LogP contribution in [0.2, 0.25) is 0 Å². The molecule has 0 unspecified atom stereocenters. The van der Waals surface area contributed by atoms with Gasteiger partial charge in [0.05, 0.1) is 12.2 Å². The summed E-state index contributed by atoms with van der Waals surface area (Å²) < 4.78 is 15.8. The number of nitrogens with zero attached hydrogens (tertiary/aromatic N) is 1. The lowest BCUT2D eigenvalue weighted by atomic mass is 10.1. The highest BCUT2D eigenvalue weighted by atomic mass is 16.5. The van der Waals surface area contributed by atoms with Crippen molar-refractivity contribution in [3.8, 4) is 28.3 Å². The number of aromatic nitrogens is 1. The molecule has 25 heavy (non-hydrogen) atoms. The smallest absolute Gasteiger partial charge is 0.335 e. The van der Waals surface area contributed by atoms with Gasteiger partial charge in [-0.3, -0.25) is 0 Å². The van der Waals surface area contributed by atoms with E-state index in [1.807, 2.05) is 24.3 Å². The van der Waals surface area contributed by atoms with Crippen molar-refractivity contribution < 1.29 is 23.9 Å². The van der Waals surface area contributed by atoms with Crippen LogP contribution < -0.4 is 4.74 Å². The Labute approximate surface area is 144 Å². The van der Waals surface area contributed by atoms with Crippen LogP contribution in [-0.4, -0.2) is 36.6 Å². The summed E-state index contributed by atoms with van der Waals surface area (Å²) in [5.74, 6) is 0.280. The summed E-state index contributed by atoms with van der Waals surface area (Å²) >= 11 is 0. The molecule has 0 amide bonds. The second kappa shape index (κ2) is 7.63. The van der Waals surface area contributed by atoms with Crippen LogP contribution in [0.25, 0.3) is 22.6 Å². The Balaban J connectivity index is 1.77. The third-order valence-electron chi connectivity index (χ3n) is 3.61. The van der Waals surface area contributed by atoms with Crippen LogP contribution in [-0.2, 0) is 4.74 Å². The lowest BCUT2D eigenvalue weighted by molar-refractivity contribution is 0.0697. The molecule has 0 saturated carbocycles. The molecule has 0 atom stereocenters. The molecule has 6 nitrogen and oxygen atoms in total. The molecule has 1 aromatic heterocycles. The number of carboxylic acid groups (broad SMARTS) is 1. The highest BCUT2D eigenvalue weighted by Gasteiger charge is 2.11. The van der Waals surface area contributed by atoms with E-state index in [0.29, 0.717) is 30.2 Å². The van der Waals surface area contributed by atoms with Crippen molar-refractivity contribution in [2.45, 2.75) is 0 Å². The molecule has 2 aromatic carbocycles. The molecule has 1 heterocycles. The molecular formula is C19H17NO5. The minimum atomic E-state index is -0.981. The monoisotopic (exact) mass is 339 g/mol. The Kier molecular flexibility index (Phi) is 5.11. The summed E-state index contributed by atoms with van der Waals surface area (Å²) in [6.45, 7) is 1.02. The number of hydrogen-bond donors (Lipinski definition) is 1. The van der Waals surface area contributed by atoms with Crippen molar-refractivity contribution in [1.29, 1.82) is 0 Å². The average Bonchev–Trinajstić information content (AvgIpc) is 3.13. The van der Waals surface area contributed by atoms with Crippen LogP contribution in [0.15, 0.2) is 59.1 Å². The Morgan fingerprint density at radius 3 is 2.60 bits per heavy atom. The van der Waals surface area contributed by atoms with E-state index in [2.05, 4.69) is 5.16 Å². The first-order valence-electron chi connectivity index (χ1n) is 7.70. The quantitative estimate of drug-likeness (QED) is 0.661. The van der Waals surface area contributed by atoms with E-state index in [0.717, 1.165) is 11.3 Å². The number of rotatable bonds is 7. The average molecular weight is 339 g/mol. The van der Waals surface area contributed by atoms with Crippen LogP contribution in [0, 0.1) is 0 Å². The summed E-state index contributed by atoms with van der Waals surface area (Å²) in [6.07, 6.45) is 0. The number of methoxy groups -OCH3 is 1. The number of carboxylic acids is 1. The van der Waals surface area contributed by atoms with Crippen molar-refractivity contribution in [2.75, 3.05) is 20.3 Å². The summed E-state index contributed by atoms with van der Waals surface area (Å²) in [5.41, 5.74) is 2.41. The second-order valence-electron chi connectivity index (χ2n) is 5.33. The van der Waals surface area contributed by atoms with Crippen molar-refractivity contribution in [2.24, 2.45) is 0 Å². The van der Waals surface area contributed by atoms with Crippen LogP contribution in [0.5, 0.6) is 5.75 Å². The number of ether oxygens (including phenoxy) is 2. The zero-order chi connectivity index (χ0) is 17.6. The van der Waals surface area contributed by atoms with Crippen LogP contribution in [0.1, 0.15) is 10.4 Å².